The van der Waals surface area contributed by atoms with Crippen LogP contribution in [0.2, 0.25) is 5.02 Å². The van der Waals surface area contributed by atoms with Crippen LogP contribution in [0.3, 0.4) is 0 Å². The van der Waals surface area contributed by atoms with E-state index < -0.39 is 0 Å². The molecule has 0 aliphatic heterocycles. The zero-order valence-electron chi connectivity index (χ0n) is 12.0. The van der Waals surface area contributed by atoms with Crippen LogP contribution in [-0.2, 0) is 19.5 Å². The van der Waals surface area contributed by atoms with Gasteiger partial charge in [0.2, 0.25) is 0 Å². The second-order valence-electron chi connectivity index (χ2n) is 4.69. The molecule has 2 rings (SSSR count). The lowest BCUT2D eigenvalue weighted by Gasteiger charge is -2.11. The molecule has 20 heavy (non-hydrogen) atoms. The SMILES string of the molecule is CCc1nn(CC)c(CNc2ccc(Br)cc2C)c1Cl. The minimum Gasteiger partial charge on any atom is -0.379 e. The van der Waals surface area contributed by atoms with Crippen molar-refractivity contribution in [1.29, 1.82) is 0 Å². The number of aromatic nitrogens is 2. The molecule has 0 unspecified atom stereocenters. The number of nitrogens with zero attached hydrogens (tertiary/aromatic N) is 2. The van der Waals surface area contributed by atoms with Gasteiger partial charge in [-0.25, -0.2) is 0 Å². The van der Waals surface area contributed by atoms with Gasteiger partial charge in [0.05, 0.1) is 23.0 Å². The summed E-state index contributed by atoms with van der Waals surface area (Å²) in [7, 11) is 0. The first-order valence-corrected chi connectivity index (χ1v) is 7.98. The highest BCUT2D eigenvalue weighted by atomic mass is 79.9. The summed E-state index contributed by atoms with van der Waals surface area (Å²) in [5.74, 6) is 0. The summed E-state index contributed by atoms with van der Waals surface area (Å²) in [5.41, 5.74) is 4.34. The van der Waals surface area contributed by atoms with Crippen LogP contribution in [0.15, 0.2) is 22.7 Å². The Morgan fingerprint density at radius 3 is 2.70 bits per heavy atom. The maximum atomic E-state index is 6.41. The summed E-state index contributed by atoms with van der Waals surface area (Å²) in [6.07, 6.45) is 0.857. The molecule has 1 N–H and O–H groups in total. The number of hydrogen-bond donors (Lipinski definition) is 1. The number of anilines is 1. The molecule has 3 nitrogen and oxygen atoms in total. The van der Waals surface area contributed by atoms with Crippen molar-refractivity contribution in [1.82, 2.24) is 9.78 Å². The van der Waals surface area contributed by atoms with Crippen molar-refractivity contribution in [3.05, 3.63) is 44.6 Å². The van der Waals surface area contributed by atoms with Crippen molar-refractivity contribution in [2.45, 2.75) is 40.3 Å². The number of benzene rings is 1. The minimum absolute atomic E-state index is 0.683. The molecule has 0 bridgehead atoms. The Morgan fingerprint density at radius 1 is 1.35 bits per heavy atom. The first-order chi connectivity index (χ1) is 9.56. The molecule has 0 saturated heterocycles. The maximum Gasteiger partial charge on any atom is 0.0868 e. The van der Waals surface area contributed by atoms with Crippen LogP contribution in [0.1, 0.15) is 30.8 Å². The van der Waals surface area contributed by atoms with Crippen LogP contribution >= 0.6 is 27.5 Å². The summed E-state index contributed by atoms with van der Waals surface area (Å²) in [6.45, 7) is 7.75. The van der Waals surface area contributed by atoms with Crippen LogP contribution in [0.4, 0.5) is 5.69 Å². The molecule has 0 spiro atoms. The zero-order chi connectivity index (χ0) is 14.7. The van der Waals surface area contributed by atoms with Gasteiger partial charge in [0.25, 0.3) is 0 Å². The van der Waals surface area contributed by atoms with Gasteiger partial charge >= 0.3 is 0 Å². The normalized spacial score (nSPS) is 10.8. The van der Waals surface area contributed by atoms with Gasteiger partial charge in [0, 0.05) is 16.7 Å². The Morgan fingerprint density at radius 2 is 2.10 bits per heavy atom. The molecule has 0 fully saturated rings. The Bertz CT molecular complexity index is 607. The van der Waals surface area contributed by atoms with Gasteiger partial charge < -0.3 is 5.32 Å². The van der Waals surface area contributed by atoms with Gasteiger partial charge in [0.15, 0.2) is 0 Å². The molecule has 1 aromatic carbocycles. The second-order valence-corrected chi connectivity index (χ2v) is 5.98. The highest BCUT2D eigenvalue weighted by Gasteiger charge is 2.14. The fraction of sp³-hybridized carbons (Fsp3) is 0.400. The molecular weight excluding hydrogens is 338 g/mol. The Balaban J connectivity index is 2.20. The van der Waals surface area contributed by atoms with E-state index in [-0.39, 0.29) is 0 Å². The van der Waals surface area contributed by atoms with Crippen molar-refractivity contribution >= 4 is 33.2 Å². The Labute approximate surface area is 133 Å². The fourth-order valence-corrected chi connectivity index (χ4v) is 3.00. The number of hydrogen-bond acceptors (Lipinski definition) is 2. The van der Waals surface area contributed by atoms with Crippen LogP contribution in [0.5, 0.6) is 0 Å². The number of aryl methyl sites for hydroxylation is 3. The maximum absolute atomic E-state index is 6.41. The van der Waals surface area contributed by atoms with Crippen LogP contribution < -0.4 is 5.32 Å². The Hall–Kier alpha value is -1.000. The molecular formula is C15H19BrClN3. The van der Waals surface area contributed by atoms with Gasteiger partial charge in [0.1, 0.15) is 0 Å². The van der Waals surface area contributed by atoms with E-state index in [0.29, 0.717) is 6.54 Å². The first-order valence-electron chi connectivity index (χ1n) is 6.80. The van der Waals surface area contributed by atoms with Crippen molar-refractivity contribution in [2.24, 2.45) is 0 Å². The predicted octanol–water partition coefficient (Wildman–Crippen LogP) is 4.80. The average molecular weight is 357 g/mol. The van der Waals surface area contributed by atoms with Crippen molar-refractivity contribution in [3.63, 3.8) is 0 Å². The summed E-state index contributed by atoms with van der Waals surface area (Å²) >= 11 is 9.89. The van der Waals surface area contributed by atoms with E-state index in [4.69, 9.17) is 11.6 Å². The molecule has 2 aromatic rings. The average Bonchev–Trinajstić information content (AvgIpc) is 2.74. The number of nitrogens with one attached hydrogen (secondary N) is 1. The van der Waals surface area contributed by atoms with Crippen LogP contribution in [-0.4, -0.2) is 9.78 Å². The smallest absolute Gasteiger partial charge is 0.0868 e. The van der Waals surface area contributed by atoms with E-state index >= 15 is 0 Å². The first kappa shape index (κ1) is 15.4. The van der Waals surface area contributed by atoms with Gasteiger partial charge in [-0.05, 0) is 44.0 Å². The minimum atomic E-state index is 0.683. The van der Waals surface area contributed by atoms with Crippen molar-refractivity contribution in [2.75, 3.05) is 5.32 Å². The molecule has 0 radical (unpaired) electrons. The van der Waals surface area contributed by atoms with E-state index in [1.54, 1.807) is 0 Å². The molecule has 108 valence electrons. The molecule has 0 aliphatic carbocycles. The summed E-state index contributed by atoms with van der Waals surface area (Å²) in [5, 5.41) is 8.76. The van der Waals surface area contributed by atoms with E-state index in [2.05, 4.69) is 59.2 Å². The number of halogens is 2. The lowest BCUT2D eigenvalue weighted by Crippen LogP contribution is -2.09. The van der Waals surface area contributed by atoms with Gasteiger partial charge in [-0.3, -0.25) is 4.68 Å². The van der Waals surface area contributed by atoms with Gasteiger partial charge in [-0.2, -0.15) is 5.10 Å². The highest BCUT2D eigenvalue weighted by Crippen LogP contribution is 2.24. The third-order valence-corrected chi connectivity index (χ3v) is 4.26. The molecule has 5 heteroatoms. The standard InChI is InChI=1S/C15H19BrClN3/c1-4-12-15(17)14(20(5-2)19-12)9-18-13-7-6-11(16)8-10(13)3/h6-8,18H,4-5,9H2,1-3H3. The van der Waals surface area contributed by atoms with Crippen LogP contribution in [0.25, 0.3) is 0 Å². The van der Waals surface area contributed by atoms with Crippen molar-refractivity contribution in [3.8, 4) is 0 Å². The quantitative estimate of drug-likeness (QED) is 0.834. The van der Waals surface area contributed by atoms with Gasteiger partial charge in [-0.15, -0.1) is 0 Å². The fourth-order valence-electron chi connectivity index (χ4n) is 2.19. The molecule has 0 saturated carbocycles. The molecule has 1 heterocycles. The van der Waals surface area contributed by atoms with Gasteiger partial charge in [-0.1, -0.05) is 34.5 Å². The molecule has 0 amide bonds. The third-order valence-electron chi connectivity index (χ3n) is 3.33. The lowest BCUT2D eigenvalue weighted by atomic mass is 10.2. The highest BCUT2D eigenvalue weighted by molar-refractivity contribution is 9.10. The van der Waals surface area contributed by atoms with Crippen molar-refractivity contribution < 1.29 is 0 Å². The topological polar surface area (TPSA) is 29.9 Å². The summed E-state index contributed by atoms with van der Waals surface area (Å²) < 4.78 is 3.06. The van der Waals surface area contributed by atoms with E-state index in [0.717, 1.165) is 39.5 Å². The largest absolute Gasteiger partial charge is 0.379 e. The molecule has 0 aliphatic rings. The Kier molecular flexibility index (Phi) is 5.11. The van der Waals surface area contributed by atoms with E-state index in [9.17, 15) is 0 Å². The lowest BCUT2D eigenvalue weighted by molar-refractivity contribution is 0.619. The third kappa shape index (κ3) is 3.18. The number of rotatable bonds is 5. The summed E-state index contributed by atoms with van der Waals surface area (Å²) in [6, 6.07) is 6.20. The monoisotopic (exact) mass is 355 g/mol. The molecule has 0 atom stereocenters. The van der Waals surface area contributed by atoms with E-state index in [1.807, 2.05) is 10.7 Å². The second kappa shape index (κ2) is 6.64. The van der Waals surface area contributed by atoms with Crippen LogP contribution in [0, 0.1) is 6.92 Å². The molecule has 1 aromatic heterocycles. The predicted molar refractivity (Wildman–Crippen MR) is 88.5 cm³/mol. The van der Waals surface area contributed by atoms with E-state index in [1.165, 1.54) is 5.56 Å². The summed E-state index contributed by atoms with van der Waals surface area (Å²) in [4.78, 5) is 0. The zero-order valence-corrected chi connectivity index (χ0v) is 14.3.